The molecular formula is C15H22BrNOS. The average molecular weight is 344 g/mol. The van der Waals surface area contributed by atoms with Crippen LogP contribution in [0.4, 0.5) is 0 Å². The summed E-state index contributed by atoms with van der Waals surface area (Å²) in [7, 11) is -1.01. The van der Waals surface area contributed by atoms with E-state index in [2.05, 4.69) is 22.9 Å². The fourth-order valence-electron chi connectivity index (χ4n) is 2.92. The molecule has 4 unspecified atom stereocenters. The van der Waals surface area contributed by atoms with Gasteiger partial charge in [-0.2, -0.15) is 0 Å². The summed E-state index contributed by atoms with van der Waals surface area (Å²) in [6.07, 6.45) is 5.64. The summed E-state index contributed by atoms with van der Waals surface area (Å²) in [5.74, 6) is 0.696. The van der Waals surface area contributed by atoms with E-state index >= 15 is 0 Å². The second-order valence-electron chi connectivity index (χ2n) is 5.40. The van der Waals surface area contributed by atoms with Gasteiger partial charge in [-0.05, 0) is 53.2 Å². The van der Waals surface area contributed by atoms with Crippen LogP contribution in [0.15, 0.2) is 33.6 Å². The molecule has 1 aromatic carbocycles. The molecule has 2 nitrogen and oxygen atoms in total. The first-order chi connectivity index (χ1) is 9.13. The molecule has 4 heteroatoms. The van der Waals surface area contributed by atoms with E-state index in [4.69, 9.17) is 5.73 Å². The van der Waals surface area contributed by atoms with E-state index in [1.807, 2.05) is 24.3 Å². The lowest BCUT2D eigenvalue weighted by molar-refractivity contribution is 0.313. The van der Waals surface area contributed by atoms with Gasteiger partial charge in [0, 0.05) is 10.5 Å². The van der Waals surface area contributed by atoms with Crippen molar-refractivity contribution in [3.05, 3.63) is 28.7 Å². The van der Waals surface area contributed by atoms with Crippen molar-refractivity contribution in [1.29, 1.82) is 0 Å². The molecule has 0 saturated heterocycles. The van der Waals surface area contributed by atoms with E-state index in [9.17, 15) is 4.21 Å². The minimum absolute atomic E-state index is 0.0704. The molecule has 0 aliphatic heterocycles. The Morgan fingerprint density at radius 2 is 2.11 bits per heavy atom. The lowest BCUT2D eigenvalue weighted by atomic mass is 9.83. The van der Waals surface area contributed by atoms with Gasteiger partial charge in [-0.3, -0.25) is 4.21 Å². The van der Waals surface area contributed by atoms with Gasteiger partial charge in [0.05, 0.1) is 20.9 Å². The molecule has 0 aromatic heterocycles. The Kier molecular flexibility index (Phi) is 5.60. The van der Waals surface area contributed by atoms with E-state index in [-0.39, 0.29) is 11.3 Å². The first kappa shape index (κ1) is 15.2. The maximum Gasteiger partial charge on any atom is 0.0588 e. The van der Waals surface area contributed by atoms with E-state index < -0.39 is 10.8 Å². The van der Waals surface area contributed by atoms with Crippen molar-refractivity contribution in [3.63, 3.8) is 0 Å². The quantitative estimate of drug-likeness (QED) is 0.901. The SMILES string of the molecule is CCCC1CCC(N)C(S(=O)c2ccccc2Br)C1. The van der Waals surface area contributed by atoms with Gasteiger partial charge in [0.15, 0.2) is 0 Å². The van der Waals surface area contributed by atoms with Crippen LogP contribution in [0, 0.1) is 5.92 Å². The summed E-state index contributed by atoms with van der Waals surface area (Å²) in [5, 5.41) is 0.101. The van der Waals surface area contributed by atoms with Gasteiger partial charge >= 0.3 is 0 Å². The minimum atomic E-state index is -1.01. The lowest BCUT2D eigenvalue weighted by Gasteiger charge is -2.33. The van der Waals surface area contributed by atoms with E-state index in [1.54, 1.807) is 0 Å². The number of benzene rings is 1. The van der Waals surface area contributed by atoms with Crippen LogP contribution in [0.25, 0.3) is 0 Å². The second kappa shape index (κ2) is 7.00. The molecule has 1 fully saturated rings. The average Bonchev–Trinajstić information content (AvgIpc) is 2.41. The standard InChI is InChI=1S/C15H22BrNOS/c1-2-5-11-8-9-13(17)15(10-11)19(18)14-7-4-3-6-12(14)16/h3-4,6-7,11,13,15H,2,5,8-10,17H2,1H3. The molecule has 2 rings (SSSR count). The Hall–Kier alpha value is -0.190. The van der Waals surface area contributed by atoms with Crippen molar-refractivity contribution in [1.82, 2.24) is 0 Å². The predicted octanol–water partition coefficient (Wildman–Crippen LogP) is 3.85. The number of hydrogen-bond donors (Lipinski definition) is 1. The lowest BCUT2D eigenvalue weighted by Crippen LogP contribution is -2.43. The zero-order valence-corrected chi connectivity index (χ0v) is 13.8. The Morgan fingerprint density at radius 1 is 1.37 bits per heavy atom. The minimum Gasteiger partial charge on any atom is -0.327 e. The van der Waals surface area contributed by atoms with Gasteiger partial charge in [0.2, 0.25) is 0 Å². The molecule has 2 N–H and O–H groups in total. The van der Waals surface area contributed by atoms with Crippen molar-refractivity contribution in [2.24, 2.45) is 11.7 Å². The topological polar surface area (TPSA) is 43.1 Å². The predicted molar refractivity (Wildman–Crippen MR) is 84.6 cm³/mol. The number of halogens is 1. The van der Waals surface area contributed by atoms with E-state index in [0.717, 1.165) is 22.2 Å². The van der Waals surface area contributed by atoms with Gasteiger partial charge in [0.25, 0.3) is 0 Å². The van der Waals surface area contributed by atoms with Crippen LogP contribution >= 0.6 is 15.9 Å². The highest BCUT2D eigenvalue weighted by Gasteiger charge is 2.33. The molecule has 1 aliphatic carbocycles. The number of nitrogens with two attached hydrogens (primary N) is 1. The van der Waals surface area contributed by atoms with Crippen molar-refractivity contribution in [2.75, 3.05) is 0 Å². The zero-order chi connectivity index (χ0) is 13.8. The van der Waals surface area contributed by atoms with Crippen LogP contribution in [-0.4, -0.2) is 15.5 Å². The van der Waals surface area contributed by atoms with Gasteiger partial charge in [-0.15, -0.1) is 0 Å². The third-order valence-electron chi connectivity index (χ3n) is 3.98. The summed E-state index contributed by atoms with van der Waals surface area (Å²) >= 11 is 3.50. The first-order valence-electron chi connectivity index (χ1n) is 7.04. The highest BCUT2D eigenvalue weighted by Crippen LogP contribution is 2.33. The van der Waals surface area contributed by atoms with Crippen molar-refractivity contribution < 1.29 is 4.21 Å². The molecular weight excluding hydrogens is 322 g/mol. The summed E-state index contributed by atoms with van der Waals surface area (Å²) < 4.78 is 13.7. The van der Waals surface area contributed by atoms with Gasteiger partial charge in [-0.1, -0.05) is 31.9 Å². The van der Waals surface area contributed by atoms with E-state index in [1.165, 1.54) is 19.3 Å². The fourth-order valence-corrected chi connectivity index (χ4v) is 5.39. The van der Waals surface area contributed by atoms with Crippen molar-refractivity contribution in [3.8, 4) is 0 Å². The van der Waals surface area contributed by atoms with E-state index in [0.29, 0.717) is 5.92 Å². The molecule has 0 radical (unpaired) electrons. The molecule has 0 amide bonds. The molecule has 19 heavy (non-hydrogen) atoms. The molecule has 1 aliphatic rings. The van der Waals surface area contributed by atoms with Crippen LogP contribution in [0.5, 0.6) is 0 Å². The second-order valence-corrected chi connectivity index (χ2v) is 7.89. The number of rotatable bonds is 4. The van der Waals surface area contributed by atoms with Crippen LogP contribution in [-0.2, 0) is 10.8 Å². The normalized spacial score (nSPS) is 29.1. The molecule has 4 atom stereocenters. The van der Waals surface area contributed by atoms with Gasteiger partial charge in [0.1, 0.15) is 0 Å². The third-order valence-corrected chi connectivity index (χ3v) is 6.81. The van der Waals surface area contributed by atoms with Crippen molar-refractivity contribution in [2.45, 2.75) is 55.2 Å². The summed E-state index contributed by atoms with van der Waals surface area (Å²) in [6.45, 7) is 2.22. The highest BCUT2D eigenvalue weighted by molar-refractivity contribution is 9.10. The van der Waals surface area contributed by atoms with Crippen LogP contribution in [0.1, 0.15) is 39.0 Å². The fraction of sp³-hybridized carbons (Fsp3) is 0.600. The summed E-state index contributed by atoms with van der Waals surface area (Å²) in [4.78, 5) is 0.889. The molecule has 0 bridgehead atoms. The van der Waals surface area contributed by atoms with Crippen molar-refractivity contribution >= 4 is 26.7 Å². The first-order valence-corrected chi connectivity index (χ1v) is 9.04. The Morgan fingerprint density at radius 3 is 2.79 bits per heavy atom. The Balaban J connectivity index is 2.15. The summed E-state index contributed by atoms with van der Waals surface area (Å²) in [5.41, 5.74) is 6.22. The van der Waals surface area contributed by atoms with Crippen LogP contribution < -0.4 is 5.73 Å². The highest BCUT2D eigenvalue weighted by atomic mass is 79.9. The molecule has 0 heterocycles. The smallest absolute Gasteiger partial charge is 0.0588 e. The third kappa shape index (κ3) is 3.67. The maximum absolute atomic E-state index is 12.8. The van der Waals surface area contributed by atoms with Gasteiger partial charge in [-0.25, -0.2) is 0 Å². The van der Waals surface area contributed by atoms with Gasteiger partial charge < -0.3 is 5.73 Å². The Bertz CT molecular complexity index is 452. The monoisotopic (exact) mass is 343 g/mol. The molecule has 0 spiro atoms. The summed E-state index contributed by atoms with van der Waals surface area (Å²) in [6, 6.07) is 7.85. The van der Waals surface area contributed by atoms with Crippen LogP contribution in [0.2, 0.25) is 0 Å². The number of hydrogen-bond acceptors (Lipinski definition) is 2. The molecule has 1 aromatic rings. The molecule has 106 valence electrons. The molecule has 1 saturated carbocycles. The Labute approximate surface area is 126 Å². The van der Waals surface area contributed by atoms with Crippen LogP contribution in [0.3, 0.4) is 0 Å². The zero-order valence-electron chi connectivity index (χ0n) is 11.3. The largest absolute Gasteiger partial charge is 0.327 e. The maximum atomic E-state index is 12.8.